The smallest absolute Gasteiger partial charge is 0.258 e. The minimum absolute atomic E-state index is 0.127. The fourth-order valence-corrected chi connectivity index (χ4v) is 2.41. The van der Waals surface area contributed by atoms with E-state index in [4.69, 9.17) is 4.74 Å². The van der Waals surface area contributed by atoms with E-state index in [1.807, 2.05) is 0 Å². The van der Waals surface area contributed by atoms with Crippen molar-refractivity contribution in [1.29, 1.82) is 0 Å². The molecule has 0 saturated heterocycles. The van der Waals surface area contributed by atoms with Gasteiger partial charge in [-0.25, -0.2) is 4.39 Å². The topological polar surface area (TPSA) is 60.3 Å². The number of aromatic nitrogens is 1. The first-order valence-corrected chi connectivity index (χ1v) is 7.29. The number of methoxy groups -OCH3 is 1. The quantitative estimate of drug-likeness (QED) is 0.802. The van der Waals surface area contributed by atoms with Gasteiger partial charge in [-0.05, 0) is 53.9 Å². The fourth-order valence-electron chi connectivity index (χ4n) is 2.41. The van der Waals surface area contributed by atoms with Crippen LogP contribution in [0.1, 0.15) is 0 Å². The van der Waals surface area contributed by atoms with Gasteiger partial charge in [-0.3, -0.25) is 9.59 Å². The van der Waals surface area contributed by atoms with Gasteiger partial charge in [0.25, 0.3) is 5.56 Å². The van der Waals surface area contributed by atoms with E-state index in [1.165, 1.54) is 28.8 Å². The number of amides is 1. The number of rotatable bonds is 4. The molecule has 0 saturated carbocycles. The number of anilines is 1. The zero-order valence-corrected chi connectivity index (χ0v) is 13.0. The fraction of sp³-hybridized carbons (Fsp3) is 0.111. The van der Waals surface area contributed by atoms with Gasteiger partial charge in [0.15, 0.2) is 0 Å². The van der Waals surface area contributed by atoms with E-state index >= 15 is 0 Å². The highest BCUT2D eigenvalue weighted by Gasteiger charge is 2.08. The molecule has 0 aliphatic heterocycles. The van der Waals surface area contributed by atoms with Crippen LogP contribution in [0.5, 0.6) is 5.75 Å². The maximum absolute atomic E-state index is 12.9. The Labute approximate surface area is 137 Å². The molecule has 0 aliphatic carbocycles. The maximum atomic E-state index is 12.9. The summed E-state index contributed by atoms with van der Waals surface area (Å²) in [5.41, 5.74) is 0.212. The summed E-state index contributed by atoms with van der Waals surface area (Å²) in [4.78, 5) is 24.5. The minimum Gasteiger partial charge on any atom is -0.497 e. The first-order valence-electron chi connectivity index (χ1n) is 7.29. The third kappa shape index (κ3) is 3.27. The average Bonchev–Trinajstić information content (AvgIpc) is 2.59. The number of carbonyl (C=O) groups excluding carboxylic acids is 1. The van der Waals surface area contributed by atoms with E-state index in [-0.39, 0.29) is 23.8 Å². The van der Waals surface area contributed by atoms with Crippen molar-refractivity contribution in [3.8, 4) is 5.75 Å². The van der Waals surface area contributed by atoms with E-state index < -0.39 is 0 Å². The molecule has 0 atom stereocenters. The standard InChI is InChI=1S/C18H15FN2O3/c1-24-15-6-7-16-12(10-15)8-9-21(18(16)23)11-17(22)20-14-4-2-13(19)3-5-14/h2-10H,11H2,1H3,(H,20,22). The Morgan fingerprint density at radius 2 is 1.92 bits per heavy atom. The third-order valence-corrected chi connectivity index (χ3v) is 3.63. The Hall–Kier alpha value is -3.15. The predicted octanol–water partition coefficient (Wildman–Crippen LogP) is 2.79. The second-order valence-electron chi connectivity index (χ2n) is 5.26. The molecule has 1 heterocycles. The van der Waals surface area contributed by atoms with E-state index in [2.05, 4.69) is 5.32 Å². The average molecular weight is 326 g/mol. The monoisotopic (exact) mass is 326 g/mol. The van der Waals surface area contributed by atoms with Gasteiger partial charge in [0.1, 0.15) is 18.1 Å². The molecule has 0 aliphatic rings. The summed E-state index contributed by atoms with van der Waals surface area (Å²) in [6.07, 6.45) is 1.56. The second-order valence-corrected chi connectivity index (χ2v) is 5.26. The first kappa shape index (κ1) is 15.7. The number of pyridine rings is 1. The van der Waals surface area contributed by atoms with E-state index in [0.717, 1.165) is 5.39 Å². The highest BCUT2D eigenvalue weighted by atomic mass is 19.1. The first-order chi connectivity index (χ1) is 11.6. The van der Waals surface area contributed by atoms with E-state index in [0.29, 0.717) is 16.8 Å². The summed E-state index contributed by atoms with van der Waals surface area (Å²) < 4.78 is 19.3. The molecule has 2 aromatic carbocycles. The largest absolute Gasteiger partial charge is 0.497 e. The number of benzene rings is 2. The Balaban J connectivity index is 1.82. The van der Waals surface area contributed by atoms with Crippen molar-refractivity contribution in [2.24, 2.45) is 0 Å². The van der Waals surface area contributed by atoms with Gasteiger partial charge in [0.05, 0.1) is 7.11 Å². The molecule has 24 heavy (non-hydrogen) atoms. The molecule has 0 unspecified atom stereocenters. The molecule has 122 valence electrons. The summed E-state index contributed by atoms with van der Waals surface area (Å²) in [5.74, 6) is -0.0838. The number of fused-ring (bicyclic) bond motifs is 1. The molecule has 1 N–H and O–H groups in total. The molecule has 1 amide bonds. The summed E-state index contributed by atoms with van der Waals surface area (Å²) in [7, 11) is 1.56. The van der Waals surface area contributed by atoms with Crippen molar-refractivity contribution in [2.75, 3.05) is 12.4 Å². The lowest BCUT2D eigenvalue weighted by atomic mass is 10.1. The van der Waals surface area contributed by atoms with Gasteiger partial charge < -0.3 is 14.6 Å². The summed E-state index contributed by atoms with van der Waals surface area (Å²) in [6.45, 7) is -0.127. The SMILES string of the molecule is COc1ccc2c(=O)n(CC(=O)Nc3ccc(F)cc3)ccc2c1. The molecule has 1 aromatic heterocycles. The van der Waals surface area contributed by atoms with Crippen LogP contribution in [-0.4, -0.2) is 17.6 Å². The van der Waals surface area contributed by atoms with E-state index in [9.17, 15) is 14.0 Å². The van der Waals surface area contributed by atoms with Crippen LogP contribution in [0.4, 0.5) is 10.1 Å². The van der Waals surface area contributed by atoms with Crippen LogP contribution in [0.2, 0.25) is 0 Å². The highest BCUT2D eigenvalue weighted by molar-refractivity contribution is 5.91. The van der Waals surface area contributed by atoms with Gasteiger partial charge in [-0.15, -0.1) is 0 Å². The van der Waals surface area contributed by atoms with Gasteiger partial charge >= 0.3 is 0 Å². The number of nitrogens with zero attached hydrogens (tertiary/aromatic N) is 1. The third-order valence-electron chi connectivity index (χ3n) is 3.63. The normalized spacial score (nSPS) is 10.6. The lowest BCUT2D eigenvalue weighted by Gasteiger charge is -2.09. The van der Waals surface area contributed by atoms with Crippen LogP contribution < -0.4 is 15.6 Å². The van der Waals surface area contributed by atoms with Gasteiger partial charge in [0, 0.05) is 17.3 Å². The molecular weight excluding hydrogens is 311 g/mol. The molecule has 0 radical (unpaired) electrons. The van der Waals surface area contributed by atoms with Gasteiger partial charge in [-0.2, -0.15) is 0 Å². The van der Waals surface area contributed by atoms with Crippen LogP contribution in [-0.2, 0) is 11.3 Å². The lowest BCUT2D eigenvalue weighted by molar-refractivity contribution is -0.116. The van der Waals surface area contributed by atoms with Crippen LogP contribution in [0, 0.1) is 5.82 Å². The zero-order valence-electron chi connectivity index (χ0n) is 13.0. The zero-order chi connectivity index (χ0) is 17.1. The molecule has 0 fully saturated rings. The number of halogens is 1. The summed E-state index contributed by atoms with van der Waals surface area (Å²) >= 11 is 0. The lowest BCUT2D eigenvalue weighted by Crippen LogP contribution is -2.27. The summed E-state index contributed by atoms with van der Waals surface area (Å²) in [5, 5.41) is 3.88. The summed E-state index contributed by atoms with van der Waals surface area (Å²) in [6, 6.07) is 12.3. The molecule has 0 bridgehead atoms. The molecule has 5 nitrogen and oxygen atoms in total. The number of ether oxygens (including phenoxy) is 1. The van der Waals surface area contributed by atoms with Crippen molar-refractivity contribution >= 4 is 22.4 Å². The maximum Gasteiger partial charge on any atom is 0.258 e. The number of hydrogen-bond donors (Lipinski definition) is 1. The Morgan fingerprint density at radius 1 is 1.17 bits per heavy atom. The number of nitrogens with one attached hydrogen (secondary N) is 1. The van der Waals surface area contributed by atoms with Crippen molar-refractivity contribution in [3.63, 3.8) is 0 Å². The second kappa shape index (κ2) is 6.54. The molecule has 3 aromatic rings. The van der Waals surface area contributed by atoms with Crippen LogP contribution in [0.25, 0.3) is 10.8 Å². The highest BCUT2D eigenvalue weighted by Crippen LogP contribution is 2.17. The molecule has 0 spiro atoms. The number of carbonyl (C=O) groups is 1. The molecule has 6 heteroatoms. The van der Waals surface area contributed by atoms with Crippen LogP contribution >= 0.6 is 0 Å². The number of hydrogen-bond acceptors (Lipinski definition) is 3. The van der Waals surface area contributed by atoms with Crippen LogP contribution in [0.15, 0.2) is 59.5 Å². The molecule has 3 rings (SSSR count). The van der Waals surface area contributed by atoms with Crippen molar-refractivity contribution < 1.29 is 13.9 Å². The Kier molecular flexibility index (Phi) is 4.29. The van der Waals surface area contributed by atoms with Gasteiger partial charge in [0.2, 0.25) is 5.91 Å². The van der Waals surface area contributed by atoms with E-state index in [1.54, 1.807) is 37.6 Å². The van der Waals surface area contributed by atoms with Crippen molar-refractivity contribution in [2.45, 2.75) is 6.54 Å². The minimum atomic E-state index is -0.380. The Morgan fingerprint density at radius 3 is 2.62 bits per heavy atom. The van der Waals surface area contributed by atoms with Gasteiger partial charge in [-0.1, -0.05) is 0 Å². The predicted molar refractivity (Wildman–Crippen MR) is 89.8 cm³/mol. The van der Waals surface area contributed by atoms with Crippen molar-refractivity contribution in [3.05, 3.63) is 70.9 Å². The Bertz CT molecular complexity index is 949. The molecular formula is C18H15FN2O3. The van der Waals surface area contributed by atoms with Crippen LogP contribution in [0.3, 0.4) is 0 Å². The van der Waals surface area contributed by atoms with Crippen molar-refractivity contribution in [1.82, 2.24) is 4.57 Å².